The Labute approximate surface area is 214 Å². The fourth-order valence-electron chi connectivity index (χ4n) is 1.15. The van der Waals surface area contributed by atoms with Crippen LogP contribution < -0.4 is 11.1 Å². The summed E-state index contributed by atoms with van der Waals surface area (Å²) < 4.78 is 1.36. The molecule has 0 aliphatic carbocycles. The van der Waals surface area contributed by atoms with Gasteiger partial charge in [-0.3, -0.25) is 0 Å². The first kappa shape index (κ1) is 30.7. The van der Waals surface area contributed by atoms with Gasteiger partial charge in [0, 0.05) is 18.4 Å². The van der Waals surface area contributed by atoms with Crippen molar-refractivity contribution < 1.29 is 10.2 Å². The van der Waals surface area contributed by atoms with Gasteiger partial charge >= 0.3 is 0 Å². The van der Waals surface area contributed by atoms with E-state index in [1.54, 1.807) is 40.8 Å². The average Bonchev–Trinajstić information content (AvgIpc) is 2.61. The molecule has 0 amide bonds. The zero-order valence-corrected chi connectivity index (χ0v) is 23.4. The molecule has 13 heteroatoms. The molecule has 0 aliphatic heterocycles. The summed E-state index contributed by atoms with van der Waals surface area (Å²) in [5, 5.41) is 22.4. The van der Waals surface area contributed by atoms with Crippen LogP contribution in [0.4, 0.5) is 5.82 Å². The summed E-state index contributed by atoms with van der Waals surface area (Å²) in [6.07, 6.45) is 3.06. The van der Waals surface area contributed by atoms with E-state index in [0.29, 0.717) is 19.9 Å². The molecule has 0 bridgehead atoms. The second-order valence-corrected chi connectivity index (χ2v) is 10.3. The molecule has 2 aromatic rings. The third kappa shape index (κ3) is 13.1. The minimum Gasteiger partial charge on any atom is -0.389 e. The van der Waals surface area contributed by atoms with Gasteiger partial charge in [-0.2, -0.15) is 4.98 Å². The lowest BCUT2D eigenvalue weighted by Gasteiger charge is -2.27. The van der Waals surface area contributed by atoms with E-state index in [2.05, 4.69) is 57.1 Å². The first-order valence-corrected chi connectivity index (χ1v) is 11.7. The molecule has 2 atom stereocenters. The highest BCUT2D eigenvalue weighted by Gasteiger charge is 2.23. The summed E-state index contributed by atoms with van der Waals surface area (Å²) in [5.41, 5.74) is 3.76. The predicted octanol–water partition coefficient (Wildman–Crippen LogP) is 5.11. The van der Waals surface area contributed by atoms with Crippen molar-refractivity contribution in [3.8, 4) is 0 Å². The Morgan fingerprint density at radius 2 is 1.32 bits per heavy atom. The summed E-state index contributed by atoms with van der Waals surface area (Å²) >= 11 is 23.0. The van der Waals surface area contributed by atoms with Gasteiger partial charge < -0.3 is 21.3 Å². The van der Waals surface area contributed by atoms with Crippen molar-refractivity contribution in [2.75, 3.05) is 5.32 Å². The average molecular weight is 626 g/mol. The normalized spacial score (nSPS) is 13.2. The number of aromatic nitrogens is 4. The molecule has 5 N–H and O–H groups in total. The van der Waals surface area contributed by atoms with Crippen LogP contribution in [0.1, 0.15) is 41.5 Å². The molecule has 2 aromatic heterocycles. The highest BCUT2D eigenvalue weighted by Crippen LogP contribution is 2.23. The lowest BCUT2D eigenvalue weighted by Crippen LogP contribution is -2.40. The molecule has 0 saturated heterocycles. The van der Waals surface area contributed by atoms with E-state index in [-0.39, 0.29) is 22.7 Å². The molecule has 0 aliphatic rings. The van der Waals surface area contributed by atoms with Crippen LogP contribution in [0.2, 0.25) is 15.7 Å². The number of hydrogen-bond donors (Lipinski definition) is 4. The van der Waals surface area contributed by atoms with Gasteiger partial charge in [-0.05, 0) is 96.6 Å². The monoisotopic (exact) mass is 622 g/mol. The van der Waals surface area contributed by atoms with Crippen LogP contribution in [-0.2, 0) is 0 Å². The molecular formula is C18H27Br2Cl3N6O2. The van der Waals surface area contributed by atoms with Gasteiger partial charge in [-0.25, -0.2) is 15.0 Å². The Morgan fingerprint density at radius 1 is 0.903 bits per heavy atom. The lowest BCUT2D eigenvalue weighted by molar-refractivity contribution is 0.0582. The zero-order chi connectivity index (χ0) is 24.6. The zero-order valence-electron chi connectivity index (χ0n) is 18.0. The molecule has 31 heavy (non-hydrogen) atoms. The molecular weight excluding hydrogens is 598 g/mol. The number of aliphatic hydroxyl groups is 2. The van der Waals surface area contributed by atoms with Crippen LogP contribution in [0.15, 0.2) is 21.3 Å². The summed E-state index contributed by atoms with van der Waals surface area (Å²) in [6, 6.07) is -0.299. The van der Waals surface area contributed by atoms with Gasteiger partial charge in [-0.15, -0.1) is 0 Å². The van der Waals surface area contributed by atoms with Crippen LogP contribution in [0.5, 0.6) is 0 Å². The van der Waals surface area contributed by atoms with Crippen LogP contribution in [0, 0.1) is 0 Å². The maximum absolute atomic E-state index is 9.75. The smallest absolute Gasteiger partial charge is 0.224 e. The van der Waals surface area contributed by atoms with Crippen LogP contribution in [0.25, 0.3) is 0 Å². The largest absolute Gasteiger partial charge is 0.389 e. The molecule has 0 saturated carbocycles. The Morgan fingerprint density at radius 3 is 1.68 bits per heavy atom. The number of anilines is 1. The number of hydrogen-bond acceptors (Lipinski definition) is 8. The number of nitrogens with one attached hydrogen (secondary N) is 1. The topological polar surface area (TPSA) is 130 Å². The van der Waals surface area contributed by atoms with Gasteiger partial charge in [0.2, 0.25) is 10.6 Å². The minimum absolute atomic E-state index is 0.146. The van der Waals surface area contributed by atoms with Crippen molar-refractivity contribution in [3.05, 3.63) is 37.1 Å². The Balaban J connectivity index is 0.000000479. The van der Waals surface area contributed by atoms with Gasteiger partial charge in [0.25, 0.3) is 0 Å². The van der Waals surface area contributed by atoms with Crippen molar-refractivity contribution in [2.24, 2.45) is 5.73 Å². The van der Waals surface area contributed by atoms with Crippen molar-refractivity contribution in [1.82, 2.24) is 19.9 Å². The number of halogens is 5. The highest BCUT2D eigenvalue weighted by atomic mass is 79.9. The Kier molecular flexibility index (Phi) is 13.3. The van der Waals surface area contributed by atoms with E-state index in [0.717, 1.165) is 0 Å². The second-order valence-electron chi connectivity index (χ2n) is 7.58. The predicted molar refractivity (Wildman–Crippen MR) is 134 cm³/mol. The van der Waals surface area contributed by atoms with Crippen LogP contribution in [0.3, 0.4) is 0 Å². The lowest BCUT2D eigenvalue weighted by atomic mass is 10.0. The molecule has 0 unspecified atom stereocenters. The van der Waals surface area contributed by atoms with E-state index >= 15 is 0 Å². The third-order valence-corrected chi connectivity index (χ3v) is 5.96. The van der Waals surface area contributed by atoms with Gasteiger partial charge in [-0.1, -0.05) is 11.6 Å². The standard InChI is InChI=1S/C9H13BrClN3O.C5H13NO.C4HBrCl2N2/c1-5(9(2,3)15)13-7-6(10)4-12-8(11)14-7;1-4(6)5(2,3)7;5-2-1-8-4(7)9-3(2)6/h4-5,15H,1-3H3,(H,12,13,14);4,7H,6H2,1-3H3;1H/t5-;4-;/m11./s1. The number of nitrogens with two attached hydrogens (primary N) is 1. The van der Waals surface area contributed by atoms with Gasteiger partial charge in [0.15, 0.2) is 0 Å². The number of rotatable bonds is 4. The van der Waals surface area contributed by atoms with Crippen LogP contribution >= 0.6 is 66.7 Å². The fraction of sp³-hybridized carbons (Fsp3) is 0.556. The van der Waals surface area contributed by atoms with E-state index < -0.39 is 11.2 Å². The quantitative estimate of drug-likeness (QED) is 0.273. The maximum atomic E-state index is 9.75. The fourth-order valence-corrected chi connectivity index (χ4v) is 2.09. The Bertz CT molecular complexity index is 833. The molecule has 0 spiro atoms. The molecule has 0 radical (unpaired) electrons. The van der Waals surface area contributed by atoms with Crippen molar-refractivity contribution in [2.45, 2.75) is 64.8 Å². The summed E-state index contributed by atoms with van der Waals surface area (Å²) in [7, 11) is 0. The molecule has 8 nitrogen and oxygen atoms in total. The maximum Gasteiger partial charge on any atom is 0.224 e. The molecule has 176 valence electrons. The van der Waals surface area contributed by atoms with E-state index in [9.17, 15) is 5.11 Å². The van der Waals surface area contributed by atoms with Crippen LogP contribution in [-0.4, -0.2) is 53.4 Å². The summed E-state index contributed by atoms with van der Waals surface area (Å²) in [5.74, 6) is 0.574. The van der Waals surface area contributed by atoms with E-state index in [1.165, 1.54) is 6.20 Å². The second kappa shape index (κ2) is 13.4. The minimum atomic E-state index is -0.836. The van der Waals surface area contributed by atoms with E-state index in [4.69, 9.17) is 45.6 Å². The SMILES string of the molecule is C[C@@H](N)C(C)(C)O.C[C@@H](Nc1nc(Cl)ncc1Br)C(C)(C)O.Clc1ncc(Br)c(Cl)n1. The first-order chi connectivity index (χ1) is 13.9. The molecule has 2 heterocycles. The summed E-state index contributed by atoms with van der Waals surface area (Å²) in [4.78, 5) is 15.1. The summed E-state index contributed by atoms with van der Waals surface area (Å²) in [6.45, 7) is 10.5. The van der Waals surface area contributed by atoms with Gasteiger partial charge in [0.05, 0.1) is 26.2 Å². The first-order valence-electron chi connectivity index (χ1n) is 8.93. The third-order valence-electron chi connectivity index (χ3n) is 3.91. The van der Waals surface area contributed by atoms with Crippen molar-refractivity contribution >= 4 is 72.5 Å². The Hall–Kier alpha value is -0.330. The number of nitrogens with zero attached hydrogens (tertiary/aromatic N) is 4. The molecule has 2 rings (SSSR count). The van der Waals surface area contributed by atoms with Crippen molar-refractivity contribution in [3.63, 3.8) is 0 Å². The molecule has 0 aromatic carbocycles. The van der Waals surface area contributed by atoms with E-state index in [1.807, 2.05) is 6.92 Å². The molecule has 0 fully saturated rings. The van der Waals surface area contributed by atoms with Gasteiger partial charge in [0.1, 0.15) is 11.0 Å². The van der Waals surface area contributed by atoms with Crippen molar-refractivity contribution in [1.29, 1.82) is 0 Å². The highest BCUT2D eigenvalue weighted by molar-refractivity contribution is 9.11.